The maximum Gasteiger partial charge on any atom is 0.317 e. The number of carbonyl (C=O) groups is 1. The quantitative estimate of drug-likeness (QED) is 0.773. The van der Waals surface area contributed by atoms with Crippen molar-refractivity contribution in [3.8, 4) is 11.3 Å². The van der Waals surface area contributed by atoms with E-state index in [1.165, 1.54) is 0 Å². The molecule has 25 heavy (non-hydrogen) atoms. The second-order valence-electron chi connectivity index (χ2n) is 6.21. The number of carbonyl (C=O) groups excluding carboxylic acids is 1. The predicted octanol–water partition coefficient (Wildman–Crippen LogP) is 3.34. The van der Waals surface area contributed by atoms with E-state index in [1.807, 2.05) is 65.6 Å². The first-order valence-electron chi connectivity index (χ1n) is 8.49. The van der Waals surface area contributed by atoms with Crippen molar-refractivity contribution in [2.75, 3.05) is 6.54 Å². The smallest absolute Gasteiger partial charge is 0.317 e. The van der Waals surface area contributed by atoms with Crippen LogP contribution in [0.5, 0.6) is 0 Å². The lowest BCUT2D eigenvalue weighted by Gasteiger charge is -2.27. The second kappa shape index (κ2) is 6.81. The standard InChI is InChI=1S/C20H20N4O/c25-20(21-13-15-7-3-1-4-8-15)24-12-11-18-17(14-24)19(23-22-18)16-9-5-2-6-10-16/h1-10H,11-14H2,(H,21,25)(H,22,23). The summed E-state index contributed by atoms with van der Waals surface area (Å²) >= 11 is 0. The van der Waals surface area contributed by atoms with Crippen LogP contribution >= 0.6 is 0 Å². The van der Waals surface area contributed by atoms with Crippen LogP contribution in [0.2, 0.25) is 0 Å². The Hall–Kier alpha value is -3.08. The average molecular weight is 332 g/mol. The van der Waals surface area contributed by atoms with Gasteiger partial charge in [0.2, 0.25) is 0 Å². The summed E-state index contributed by atoms with van der Waals surface area (Å²) < 4.78 is 0. The lowest BCUT2D eigenvalue weighted by atomic mass is 10.0. The lowest BCUT2D eigenvalue weighted by molar-refractivity contribution is 0.192. The summed E-state index contributed by atoms with van der Waals surface area (Å²) in [6.07, 6.45) is 0.800. The minimum Gasteiger partial charge on any atom is -0.334 e. The summed E-state index contributed by atoms with van der Waals surface area (Å²) in [6, 6.07) is 20.0. The molecule has 0 unspecified atom stereocenters. The highest BCUT2D eigenvalue weighted by molar-refractivity contribution is 5.75. The van der Waals surface area contributed by atoms with Gasteiger partial charge in [-0.3, -0.25) is 5.10 Å². The minimum atomic E-state index is -0.0327. The van der Waals surface area contributed by atoms with Crippen LogP contribution in [0.25, 0.3) is 11.3 Å². The first-order chi connectivity index (χ1) is 12.3. The highest BCUT2D eigenvalue weighted by Gasteiger charge is 2.25. The van der Waals surface area contributed by atoms with E-state index in [0.29, 0.717) is 19.6 Å². The molecule has 0 fully saturated rings. The van der Waals surface area contributed by atoms with E-state index in [-0.39, 0.29) is 6.03 Å². The first-order valence-corrected chi connectivity index (χ1v) is 8.49. The Morgan fingerprint density at radius 3 is 2.56 bits per heavy atom. The van der Waals surface area contributed by atoms with Crippen LogP contribution in [0, 0.1) is 0 Å². The van der Waals surface area contributed by atoms with Crippen LogP contribution in [-0.4, -0.2) is 27.7 Å². The minimum absolute atomic E-state index is 0.0327. The Labute approximate surface area is 146 Å². The molecule has 2 N–H and O–H groups in total. The van der Waals surface area contributed by atoms with E-state index in [1.54, 1.807) is 0 Å². The van der Waals surface area contributed by atoms with Gasteiger partial charge in [0.25, 0.3) is 0 Å². The number of hydrogen-bond donors (Lipinski definition) is 2. The van der Waals surface area contributed by atoms with E-state index >= 15 is 0 Å². The highest BCUT2D eigenvalue weighted by Crippen LogP contribution is 2.28. The molecular formula is C20H20N4O. The Balaban J connectivity index is 1.47. The summed E-state index contributed by atoms with van der Waals surface area (Å²) in [6.45, 7) is 1.82. The van der Waals surface area contributed by atoms with E-state index in [4.69, 9.17) is 0 Å². The maximum atomic E-state index is 12.5. The number of H-pyrrole nitrogens is 1. The van der Waals surface area contributed by atoms with Gasteiger partial charge in [-0.05, 0) is 5.56 Å². The van der Waals surface area contributed by atoms with E-state index in [2.05, 4.69) is 15.5 Å². The molecule has 1 aliphatic rings. The molecule has 2 aromatic carbocycles. The largest absolute Gasteiger partial charge is 0.334 e. The number of rotatable bonds is 3. The Morgan fingerprint density at radius 2 is 1.80 bits per heavy atom. The van der Waals surface area contributed by atoms with Crippen LogP contribution in [0.4, 0.5) is 4.79 Å². The number of nitrogens with one attached hydrogen (secondary N) is 2. The van der Waals surface area contributed by atoms with Crippen molar-refractivity contribution in [3.05, 3.63) is 77.5 Å². The number of nitrogens with zero attached hydrogens (tertiary/aromatic N) is 2. The van der Waals surface area contributed by atoms with Crippen molar-refractivity contribution in [2.45, 2.75) is 19.5 Å². The first kappa shape index (κ1) is 15.4. The molecule has 0 spiro atoms. The van der Waals surface area contributed by atoms with Gasteiger partial charge in [0.15, 0.2) is 0 Å². The van der Waals surface area contributed by atoms with Crippen LogP contribution in [0.1, 0.15) is 16.8 Å². The topological polar surface area (TPSA) is 61.0 Å². The predicted molar refractivity (Wildman–Crippen MR) is 96.8 cm³/mol. The molecule has 1 aromatic heterocycles. The van der Waals surface area contributed by atoms with Crippen molar-refractivity contribution in [1.82, 2.24) is 20.4 Å². The number of amides is 2. The normalized spacial score (nSPS) is 13.4. The van der Waals surface area contributed by atoms with Gasteiger partial charge in [-0.25, -0.2) is 4.79 Å². The van der Waals surface area contributed by atoms with E-state index in [9.17, 15) is 4.79 Å². The molecule has 0 aliphatic carbocycles. The van der Waals surface area contributed by atoms with Gasteiger partial charge in [-0.15, -0.1) is 0 Å². The fraction of sp³-hybridized carbons (Fsp3) is 0.200. The Bertz CT molecular complexity index is 858. The molecule has 0 bridgehead atoms. The summed E-state index contributed by atoms with van der Waals surface area (Å²) in [4.78, 5) is 14.4. The second-order valence-corrected chi connectivity index (χ2v) is 6.21. The molecule has 4 rings (SSSR count). The third kappa shape index (κ3) is 3.26. The van der Waals surface area contributed by atoms with Crippen molar-refractivity contribution < 1.29 is 4.79 Å². The molecule has 3 aromatic rings. The van der Waals surface area contributed by atoms with Crippen LogP contribution in [0.15, 0.2) is 60.7 Å². The van der Waals surface area contributed by atoms with Crippen LogP contribution in [-0.2, 0) is 19.5 Å². The third-order valence-corrected chi connectivity index (χ3v) is 4.55. The monoisotopic (exact) mass is 332 g/mol. The molecule has 126 valence electrons. The zero-order chi connectivity index (χ0) is 17.1. The number of hydrogen-bond acceptors (Lipinski definition) is 2. The number of urea groups is 1. The molecular weight excluding hydrogens is 312 g/mol. The van der Waals surface area contributed by atoms with Crippen LogP contribution in [0.3, 0.4) is 0 Å². The molecule has 5 nitrogen and oxygen atoms in total. The van der Waals surface area contributed by atoms with Crippen molar-refractivity contribution in [1.29, 1.82) is 0 Å². The number of fused-ring (bicyclic) bond motifs is 1. The molecule has 0 saturated carbocycles. The fourth-order valence-corrected chi connectivity index (χ4v) is 3.19. The summed E-state index contributed by atoms with van der Waals surface area (Å²) in [5, 5.41) is 10.6. The zero-order valence-corrected chi connectivity index (χ0v) is 13.9. The van der Waals surface area contributed by atoms with E-state index in [0.717, 1.165) is 34.5 Å². The lowest BCUT2D eigenvalue weighted by Crippen LogP contribution is -2.42. The average Bonchev–Trinajstić information content (AvgIpc) is 3.11. The summed E-state index contributed by atoms with van der Waals surface area (Å²) in [5.74, 6) is 0. The van der Waals surface area contributed by atoms with Gasteiger partial charge >= 0.3 is 6.03 Å². The maximum absolute atomic E-state index is 12.5. The Morgan fingerprint density at radius 1 is 1.08 bits per heavy atom. The molecule has 0 saturated heterocycles. The van der Waals surface area contributed by atoms with Gasteiger partial charge in [-0.1, -0.05) is 60.7 Å². The molecule has 2 amide bonds. The number of aromatic nitrogens is 2. The molecule has 0 atom stereocenters. The summed E-state index contributed by atoms with van der Waals surface area (Å²) in [7, 11) is 0. The molecule has 5 heteroatoms. The molecule has 0 radical (unpaired) electrons. The molecule has 1 aliphatic heterocycles. The zero-order valence-electron chi connectivity index (χ0n) is 13.9. The third-order valence-electron chi connectivity index (χ3n) is 4.55. The SMILES string of the molecule is O=C(NCc1ccccc1)N1CCc2[nH]nc(-c3ccccc3)c2C1. The Kier molecular flexibility index (Phi) is 4.21. The van der Waals surface area contributed by atoms with Gasteiger partial charge in [0, 0.05) is 36.3 Å². The van der Waals surface area contributed by atoms with Crippen molar-refractivity contribution in [3.63, 3.8) is 0 Å². The number of benzene rings is 2. The van der Waals surface area contributed by atoms with Crippen molar-refractivity contribution in [2.24, 2.45) is 0 Å². The van der Waals surface area contributed by atoms with Crippen molar-refractivity contribution >= 4 is 6.03 Å². The van der Waals surface area contributed by atoms with Gasteiger partial charge < -0.3 is 10.2 Å². The van der Waals surface area contributed by atoms with E-state index < -0.39 is 0 Å². The van der Waals surface area contributed by atoms with Crippen LogP contribution < -0.4 is 5.32 Å². The number of aromatic amines is 1. The van der Waals surface area contributed by atoms with Gasteiger partial charge in [0.1, 0.15) is 0 Å². The van der Waals surface area contributed by atoms with Gasteiger partial charge in [0.05, 0.1) is 12.2 Å². The fourth-order valence-electron chi connectivity index (χ4n) is 3.19. The highest BCUT2D eigenvalue weighted by atomic mass is 16.2. The van der Waals surface area contributed by atoms with Gasteiger partial charge in [-0.2, -0.15) is 5.10 Å². The molecule has 2 heterocycles. The summed E-state index contributed by atoms with van der Waals surface area (Å²) in [5.41, 5.74) is 5.36.